The summed E-state index contributed by atoms with van der Waals surface area (Å²) in [5.74, 6) is -0.838. The van der Waals surface area contributed by atoms with Gasteiger partial charge in [0.25, 0.3) is 5.69 Å². The number of anilines is 3. The Morgan fingerprint density at radius 2 is 1.16 bits per heavy atom. The van der Waals surface area contributed by atoms with Gasteiger partial charge in [-0.15, -0.1) is 0 Å². The summed E-state index contributed by atoms with van der Waals surface area (Å²) in [7, 11) is 0. The minimum atomic E-state index is -0.500. The van der Waals surface area contributed by atoms with Crippen LogP contribution in [0.2, 0.25) is 0 Å². The molecular formula is C33H38N4O6Zn. The molecule has 0 fully saturated rings. The molecule has 4 aromatic rings. The molecule has 0 aliphatic heterocycles. The Balaban J connectivity index is 0.000000422. The van der Waals surface area contributed by atoms with Crippen molar-refractivity contribution in [2.24, 2.45) is 0 Å². The van der Waals surface area contributed by atoms with Crippen molar-refractivity contribution in [3.05, 3.63) is 129 Å². The van der Waals surface area contributed by atoms with Gasteiger partial charge in [-0.2, -0.15) is 0 Å². The van der Waals surface area contributed by atoms with Crippen molar-refractivity contribution in [2.75, 3.05) is 29.6 Å². The minimum Gasteiger partial charge on any atom is -0.462 e. The summed E-state index contributed by atoms with van der Waals surface area (Å²) in [6.45, 7) is 5.17. The van der Waals surface area contributed by atoms with E-state index in [1.807, 2.05) is 60.7 Å². The van der Waals surface area contributed by atoms with Crippen molar-refractivity contribution in [3.63, 3.8) is 0 Å². The van der Waals surface area contributed by atoms with Gasteiger partial charge in [-0.1, -0.05) is 68.1 Å². The van der Waals surface area contributed by atoms with E-state index in [1.165, 1.54) is 18.2 Å². The third-order valence-corrected chi connectivity index (χ3v) is 5.92. The van der Waals surface area contributed by atoms with E-state index >= 15 is 0 Å². The predicted octanol–water partition coefficient (Wildman–Crippen LogP) is 7.07. The van der Waals surface area contributed by atoms with Crippen LogP contribution in [0.4, 0.5) is 22.7 Å². The Labute approximate surface area is 270 Å². The summed E-state index contributed by atoms with van der Waals surface area (Å²) in [6, 6.07) is 28.7. The first-order chi connectivity index (χ1) is 20.3. The molecule has 11 heteroatoms. The molecule has 0 spiro atoms. The quantitative estimate of drug-likeness (QED) is 0.0509. The first-order valence-electron chi connectivity index (χ1n) is 13.4. The van der Waals surface area contributed by atoms with E-state index in [0.717, 1.165) is 16.8 Å². The molecule has 4 N–H and O–H groups in total. The first kappa shape index (κ1) is 37.3. The van der Waals surface area contributed by atoms with Gasteiger partial charge in [0.15, 0.2) is 0 Å². The van der Waals surface area contributed by atoms with Crippen molar-refractivity contribution in [2.45, 2.75) is 34.4 Å². The number of rotatable bonds is 11. The van der Waals surface area contributed by atoms with E-state index in [4.69, 9.17) is 15.2 Å². The Morgan fingerprint density at radius 3 is 1.61 bits per heavy atom. The number of carbonyl (C=O) groups is 2. The van der Waals surface area contributed by atoms with E-state index in [2.05, 4.69) is 10.6 Å². The number of benzene rings is 4. The average Bonchev–Trinajstić information content (AvgIpc) is 3.01. The maximum atomic E-state index is 11.7. The van der Waals surface area contributed by atoms with Crippen molar-refractivity contribution in [1.82, 2.24) is 0 Å². The van der Waals surface area contributed by atoms with Crippen LogP contribution in [-0.2, 0) is 42.0 Å². The topological polar surface area (TPSA) is 146 Å². The average molecular weight is 652 g/mol. The van der Waals surface area contributed by atoms with E-state index in [-0.39, 0.29) is 50.7 Å². The Kier molecular flexibility index (Phi) is 16.5. The minimum absolute atomic E-state index is 0. The molecule has 0 saturated heterocycles. The van der Waals surface area contributed by atoms with Crippen LogP contribution in [0, 0.1) is 10.1 Å². The number of nitro groups is 1. The van der Waals surface area contributed by atoms with Crippen LogP contribution in [0.1, 0.15) is 53.1 Å². The third kappa shape index (κ3) is 11.5. The number of carbonyl (C=O) groups excluding carboxylic acids is 2. The second-order valence-corrected chi connectivity index (χ2v) is 8.91. The van der Waals surface area contributed by atoms with Gasteiger partial charge in [0.2, 0.25) is 0 Å². The smallest absolute Gasteiger partial charge is 0.338 e. The fourth-order valence-corrected chi connectivity index (χ4v) is 3.82. The fraction of sp³-hybridized carbons (Fsp3) is 0.212. The largest absolute Gasteiger partial charge is 0.462 e. The van der Waals surface area contributed by atoms with Crippen molar-refractivity contribution in [1.29, 1.82) is 0 Å². The second kappa shape index (κ2) is 19.4. The number of nitro benzene ring substituents is 1. The third-order valence-electron chi connectivity index (χ3n) is 5.92. The van der Waals surface area contributed by atoms with E-state index in [1.54, 1.807) is 32.0 Å². The van der Waals surface area contributed by atoms with Crippen molar-refractivity contribution >= 4 is 34.7 Å². The van der Waals surface area contributed by atoms with Gasteiger partial charge in [0.1, 0.15) is 5.69 Å². The molecule has 10 nitrogen and oxygen atoms in total. The van der Waals surface area contributed by atoms with Gasteiger partial charge in [-0.05, 0) is 55.3 Å². The van der Waals surface area contributed by atoms with Gasteiger partial charge in [-0.3, -0.25) is 10.1 Å². The standard InChI is InChI=1S/C16H16N2O4.C16H18N2O2.CH4.Zn/c1-2-22-16(19)13-8-9-15(18(20)21)14(10-13)17-11-12-6-4-3-5-7-12;1-2-20-16(19)13-8-9-14(17)15(10-13)18-11-12-6-4-3-5-7-12;;/h3-10,17H,2,11H2,1H3;3-10,18H,2,11,17H2,1H3;1H4;. The maximum absolute atomic E-state index is 11.7. The molecule has 0 amide bonds. The normalized spacial score (nSPS) is 9.59. The molecular weight excluding hydrogens is 614 g/mol. The van der Waals surface area contributed by atoms with Crippen LogP contribution in [-0.4, -0.2) is 30.1 Å². The zero-order valence-electron chi connectivity index (χ0n) is 24.2. The van der Waals surface area contributed by atoms with Crippen LogP contribution in [0.15, 0.2) is 97.1 Å². The number of esters is 2. The molecule has 0 aliphatic carbocycles. The molecule has 0 saturated carbocycles. The zero-order chi connectivity index (χ0) is 30.3. The van der Waals surface area contributed by atoms with Crippen LogP contribution in [0.5, 0.6) is 0 Å². The van der Waals surface area contributed by atoms with Crippen LogP contribution in [0.25, 0.3) is 0 Å². The molecule has 0 atom stereocenters. The molecule has 44 heavy (non-hydrogen) atoms. The zero-order valence-corrected chi connectivity index (χ0v) is 27.2. The molecule has 0 aliphatic rings. The van der Waals surface area contributed by atoms with Gasteiger partial charge in [0.05, 0.1) is 40.6 Å². The van der Waals surface area contributed by atoms with E-state index in [9.17, 15) is 19.7 Å². The summed E-state index contributed by atoms with van der Waals surface area (Å²) in [5, 5.41) is 17.3. The summed E-state index contributed by atoms with van der Waals surface area (Å²) in [5.41, 5.74) is 10.4. The number of nitrogens with zero attached hydrogens (tertiary/aromatic N) is 1. The molecule has 4 rings (SSSR count). The van der Waals surface area contributed by atoms with E-state index < -0.39 is 10.9 Å². The molecule has 0 bridgehead atoms. The molecule has 0 heterocycles. The predicted molar refractivity (Wildman–Crippen MR) is 170 cm³/mol. The number of nitrogen functional groups attached to an aromatic ring is 1. The monoisotopic (exact) mass is 650 g/mol. The van der Waals surface area contributed by atoms with Crippen LogP contribution in [0.3, 0.4) is 0 Å². The first-order valence-corrected chi connectivity index (χ1v) is 13.4. The number of nitrogens with two attached hydrogens (primary N) is 1. The number of hydrogen-bond acceptors (Lipinski definition) is 9. The Morgan fingerprint density at radius 1 is 0.727 bits per heavy atom. The van der Waals surface area contributed by atoms with Crippen LogP contribution < -0.4 is 16.4 Å². The molecule has 4 aromatic carbocycles. The molecule has 0 aromatic heterocycles. The Bertz CT molecular complexity index is 1490. The second-order valence-electron chi connectivity index (χ2n) is 8.91. The van der Waals surface area contributed by atoms with Gasteiger partial charge < -0.3 is 25.8 Å². The van der Waals surface area contributed by atoms with Crippen LogP contribution >= 0.6 is 0 Å². The number of ether oxygens (including phenoxy) is 2. The molecule has 0 radical (unpaired) electrons. The summed E-state index contributed by atoms with van der Waals surface area (Å²) in [4.78, 5) is 34.0. The SMILES string of the molecule is C.CCOC(=O)c1ccc(N)c(NCc2ccccc2)c1.CCOC(=O)c1ccc([N+](=O)[O-])c(NCc2ccccc2)c1.[Zn]. The summed E-state index contributed by atoms with van der Waals surface area (Å²) < 4.78 is 9.89. The fourth-order valence-electron chi connectivity index (χ4n) is 3.82. The van der Waals surface area contributed by atoms with Crippen molar-refractivity contribution < 1.29 is 43.5 Å². The number of hydrogen-bond donors (Lipinski definition) is 3. The van der Waals surface area contributed by atoms with Gasteiger partial charge in [0, 0.05) is 38.6 Å². The summed E-state index contributed by atoms with van der Waals surface area (Å²) in [6.07, 6.45) is 0. The number of nitrogens with one attached hydrogen (secondary N) is 2. The molecule has 0 unspecified atom stereocenters. The van der Waals surface area contributed by atoms with E-state index in [0.29, 0.717) is 36.6 Å². The molecule has 228 valence electrons. The maximum Gasteiger partial charge on any atom is 0.338 e. The van der Waals surface area contributed by atoms with Crippen molar-refractivity contribution in [3.8, 4) is 0 Å². The summed E-state index contributed by atoms with van der Waals surface area (Å²) >= 11 is 0. The van der Waals surface area contributed by atoms with Gasteiger partial charge >= 0.3 is 11.9 Å². The Hall–Kier alpha value is -4.76. The van der Waals surface area contributed by atoms with Gasteiger partial charge in [-0.25, -0.2) is 9.59 Å².